The van der Waals surface area contributed by atoms with Crippen molar-refractivity contribution in [3.8, 4) is 11.4 Å². The van der Waals surface area contributed by atoms with E-state index in [0.29, 0.717) is 15.8 Å². The monoisotopic (exact) mass is 448 g/mol. The Labute approximate surface area is 159 Å². The first kappa shape index (κ1) is 19.4. The molecule has 1 atom stereocenters. The van der Waals surface area contributed by atoms with E-state index in [9.17, 15) is 17.6 Å². The molecule has 0 amide bonds. The summed E-state index contributed by atoms with van der Waals surface area (Å²) < 4.78 is 57.8. The summed E-state index contributed by atoms with van der Waals surface area (Å²) in [6.45, 7) is -5.93. The molecule has 0 bridgehead atoms. The molecule has 0 aliphatic rings. The predicted octanol–water partition coefficient (Wildman–Crippen LogP) is 3.91. The zero-order valence-corrected chi connectivity index (χ0v) is 15.2. The van der Waals surface area contributed by atoms with Crippen LogP contribution in [0.1, 0.15) is 24.7 Å². The second kappa shape index (κ2) is 8.57. The van der Waals surface area contributed by atoms with Crippen molar-refractivity contribution in [2.24, 2.45) is 0 Å². The van der Waals surface area contributed by atoms with E-state index in [0.717, 1.165) is 10.8 Å². The molecule has 0 aliphatic heterocycles. The number of hydrogen-bond donors (Lipinski definition) is 0. The number of ether oxygens (including phenoxy) is 1. The van der Waals surface area contributed by atoms with Gasteiger partial charge in [-0.3, -0.25) is 14.2 Å². The van der Waals surface area contributed by atoms with Crippen LogP contribution in [0, 0.1) is 0 Å². The molecule has 27 heavy (non-hydrogen) atoms. The van der Waals surface area contributed by atoms with Crippen molar-refractivity contribution >= 4 is 15.9 Å². The highest BCUT2D eigenvalue weighted by molar-refractivity contribution is 9.10. The van der Waals surface area contributed by atoms with E-state index >= 15 is 0 Å². The van der Waals surface area contributed by atoms with E-state index in [2.05, 4.69) is 40.9 Å². The average molecular weight is 449 g/mol. The first-order chi connectivity index (χ1) is 13.0. The summed E-state index contributed by atoms with van der Waals surface area (Å²) in [5.74, 6) is -0.0532. The van der Waals surface area contributed by atoms with Gasteiger partial charge in [0, 0.05) is 16.9 Å². The van der Waals surface area contributed by atoms with Crippen molar-refractivity contribution in [2.45, 2.75) is 25.6 Å². The van der Waals surface area contributed by atoms with Gasteiger partial charge in [-0.1, -0.05) is 0 Å². The van der Waals surface area contributed by atoms with Crippen molar-refractivity contribution in [3.05, 3.63) is 47.2 Å². The minimum Gasteiger partial charge on any atom is -0.323 e. The summed E-state index contributed by atoms with van der Waals surface area (Å²) in [6.07, 6.45) is 5.47. The Hall–Kier alpha value is -2.34. The zero-order chi connectivity index (χ0) is 19.4. The van der Waals surface area contributed by atoms with E-state index in [-0.39, 0.29) is 18.9 Å². The van der Waals surface area contributed by atoms with Gasteiger partial charge >= 0.3 is 13.2 Å². The molecule has 3 heterocycles. The van der Waals surface area contributed by atoms with Crippen molar-refractivity contribution in [1.29, 1.82) is 0 Å². The number of aromatic nitrogens is 6. The summed E-state index contributed by atoms with van der Waals surface area (Å²) in [7, 11) is 0. The fourth-order valence-corrected chi connectivity index (χ4v) is 2.72. The number of alkyl halides is 4. The van der Waals surface area contributed by atoms with E-state index in [1.807, 2.05) is 0 Å². The van der Waals surface area contributed by atoms with Crippen LogP contribution < -0.4 is 0 Å². The van der Waals surface area contributed by atoms with Gasteiger partial charge in [0.2, 0.25) is 0 Å². The lowest BCUT2D eigenvalue weighted by Gasteiger charge is -2.17. The first-order valence-corrected chi connectivity index (χ1v) is 8.48. The van der Waals surface area contributed by atoms with Crippen molar-refractivity contribution in [3.63, 3.8) is 0 Å². The molecule has 12 heteroatoms. The molecule has 144 valence electrons. The molecule has 0 saturated carbocycles. The van der Waals surface area contributed by atoms with E-state index in [1.165, 1.54) is 17.1 Å². The highest BCUT2D eigenvalue weighted by Crippen LogP contribution is 2.26. The number of pyridine rings is 1. The van der Waals surface area contributed by atoms with Crippen LogP contribution in [0.4, 0.5) is 17.6 Å². The molecule has 0 saturated heterocycles. The molecular weight excluding hydrogens is 436 g/mol. The van der Waals surface area contributed by atoms with Gasteiger partial charge in [-0.25, -0.2) is 0 Å². The van der Waals surface area contributed by atoms with Crippen LogP contribution in [0.25, 0.3) is 11.4 Å². The second-order valence-corrected chi connectivity index (χ2v) is 6.30. The zero-order valence-electron chi connectivity index (χ0n) is 13.6. The van der Waals surface area contributed by atoms with E-state index in [1.54, 1.807) is 18.3 Å². The topological polar surface area (TPSA) is 70.7 Å². The summed E-state index contributed by atoms with van der Waals surface area (Å²) in [4.78, 5) is 4.27. The van der Waals surface area contributed by atoms with Crippen molar-refractivity contribution < 1.29 is 22.3 Å². The molecule has 0 spiro atoms. The molecule has 0 N–H and O–H groups in total. The SMILES string of the molecule is FC(F)OCCC(c1ccc(Br)cn1)n1cc(-c2nncn2C(F)F)cn1. The molecule has 3 aromatic heterocycles. The van der Waals surface area contributed by atoms with Gasteiger partial charge in [-0.2, -0.15) is 22.7 Å². The summed E-state index contributed by atoms with van der Waals surface area (Å²) in [5.41, 5.74) is 0.866. The normalized spacial score (nSPS) is 12.9. The molecule has 0 aromatic carbocycles. The van der Waals surface area contributed by atoms with Crippen LogP contribution in [0.15, 0.2) is 41.5 Å². The third-order valence-electron chi connectivity index (χ3n) is 3.69. The second-order valence-electron chi connectivity index (χ2n) is 5.39. The Bertz CT molecular complexity index is 869. The number of rotatable bonds is 8. The smallest absolute Gasteiger partial charge is 0.323 e. The molecule has 1 unspecified atom stereocenters. The van der Waals surface area contributed by atoms with Crippen molar-refractivity contribution in [1.82, 2.24) is 29.5 Å². The Morgan fingerprint density at radius 2 is 1.96 bits per heavy atom. The average Bonchev–Trinajstić information content (AvgIpc) is 3.28. The van der Waals surface area contributed by atoms with Crippen molar-refractivity contribution in [2.75, 3.05) is 6.61 Å². The maximum Gasteiger partial charge on any atom is 0.345 e. The molecule has 0 fully saturated rings. The summed E-state index contributed by atoms with van der Waals surface area (Å²) in [5, 5.41) is 11.3. The van der Waals surface area contributed by atoms with E-state index in [4.69, 9.17) is 0 Å². The Kier molecular flexibility index (Phi) is 6.16. The highest BCUT2D eigenvalue weighted by Gasteiger charge is 2.21. The molecule has 0 radical (unpaired) electrons. The molecule has 3 rings (SSSR count). The lowest BCUT2D eigenvalue weighted by atomic mass is 10.1. The largest absolute Gasteiger partial charge is 0.345 e. The fraction of sp³-hybridized carbons (Fsp3) is 0.333. The quantitative estimate of drug-likeness (QED) is 0.488. The van der Waals surface area contributed by atoms with Gasteiger partial charge < -0.3 is 4.74 Å². The minimum atomic E-state index is -2.89. The van der Waals surface area contributed by atoms with Crippen LogP contribution >= 0.6 is 15.9 Å². The van der Waals surface area contributed by atoms with Crippen LogP contribution in [0.5, 0.6) is 0 Å². The van der Waals surface area contributed by atoms with Gasteiger partial charge in [0.25, 0.3) is 0 Å². The summed E-state index contributed by atoms with van der Waals surface area (Å²) >= 11 is 3.28. The Balaban J connectivity index is 1.89. The summed E-state index contributed by atoms with van der Waals surface area (Å²) in [6, 6.07) is 2.93. The Morgan fingerprint density at radius 1 is 1.15 bits per heavy atom. The highest BCUT2D eigenvalue weighted by atomic mass is 79.9. The maximum absolute atomic E-state index is 13.0. The number of hydrogen-bond acceptors (Lipinski definition) is 5. The van der Waals surface area contributed by atoms with Gasteiger partial charge in [0.05, 0.1) is 30.1 Å². The van der Waals surface area contributed by atoms with Crippen LogP contribution in [-0.4, -0.2) is 42.7 Å². The number of nitrogens with zero attached hydrogens (tertiary/aromatic N) is 6. The van der Waals surface area contributed by atoms with E-state index < -0.39 is 19.2 Å². The van der Waals surface area contributed by atoms with Crippen LogP contribution in [-0.2, 0) is 4.74 Å². The number of halogens is 5. The molecular formula is C15H13BrF4N6O. The van der Waals surface area contributed by atoms with Gasteiger partial charge in [-0.15, -0.1) is 10.2 Å². The standard InChI is InChI=1S/C15H13BrF4N6O/c16-10-1-2-11(21-6-10)12(3-4-27-15(19)20)26-7-9(5-23-26)13-24-22-8-25(13)14(17)18/h1-2,5-8,12,14-15H,3-4H2. The van der Waals surface area contributed by atoms with Gasteiger partial charge in [0.15, 0.2) is 5.82 Å². The molecule has 3 aromatic rings. The van der Waals surface area contributed by atoms with Gasteiger partial charge in [-0.05, 0) is 34.5 Å². The van der Waals surface area contributed by atoms with Crippen LogP contribution in [0.3, 0.4) is 0 Å². The van der Waals surface area contributed by atoms with Crippen LogP contribution in [0.2, 0.25) is 0 Å². The third-order valence-corrected chi connectivity index (χ3v) is 4.16. The Morgan fingerprint density at radius 3 is 2.63 bits per heavy atom. The lowest BCUT2D eigenvalue weighted by Crippen LogP contribution is -2.16. The predicted molar refractivity (Wildman–Crippen MR) is 89.1 cm³/mol. The first-order valence-electron chi connectivity index (χ1n) is 7.69. The fourth-order valence-electron chi connectivity index (χ4n) is 2.48. The minimum absolute atomic E-state index is 0.0532. The van der Waals surface area contributed by atoms with Gasteiger partial charge in [0.1, 0.15) is 6.33 Å². The third kappa shape index (κ3) is 4.69. The maximum atomic E-state index is 13.0. The molecule has 7 nitrogen and oxygen atoms in total. The lowest BCUT2D eigenvalue weighted by molar-refractivity contribution is -0.130. The molecule has 0 aliphatic carbocycles.